The van der Waals surface area contributed by atoms with Crippen LogP contribution in [0.5, 0.6) is 0 Å². The van der Waals surface area contributed by atoms with Crippen LogP contribution in [0.25, 0.3) is 0 Å². The van der Waals surface area contributed by atoms with E-state index in [9.17, 15) is 19.7 Å². The van der Waals surface area contributed by atoms with Gasteiger partial charge in [-0.15, -0.1) is 0 Å². The lowest BCUT2D eigenvalue weighted by Crippen LogP contribution is -2.45. The predicted molar refractivity (Wildman–Crippen MR) is 78.7 cm³/mol. The molecule has 0 aromatic heterocycles. The molecule has 1 aliphatic heterocycles. The van der Waals surface area contributed by atoms with Crippen LogP contribution in [-0.2, 0) is 9.59 Å². The number of rotatable bonds is 5. The molecule has 1 fully saturated rings. The smallest absolute Gasteiger partial charge is 0.326 e. The van der Waals surface area contributed by atoms with Gasteiger partial charge in [-0.2, -0.15) is 0 Å². The number of anilines is 1. The Morgan fingerprint density at radius 2 is 2.14 bits per heavy atom. The van der Waals surface area contributed by atoms with E-state index in [1.165, 1.54) is 15.9 Å². The maximum Gasteiger partial charge on any atom is 0.326 e. The number of nitro groups is 1. The highest BCUT2D eigenvalue weighted by Crippen LogP contribution is 2.27. The van der Waals surface area contributed by atoms with E-state index in [1.807, 2.05) is 0 Å². The summed E-state index contributed by atoms with van der Waals surface area (Å²) < 4.78 is 0. The highest BCUT2D eigenvalue weighted by molar-refractivity contribution is 5.87. The molecule has 8 nitrogen and oxygen atoms in total. The molecule has 1 N–H and O–H groups in total. The summed E-state index contributed by atoms with van der Waals surface area (Å²) in [6.45, 7) is 0.301. The summed E-state index contributed by atoms with van der Waals surface area (Å²) in [7, 11) is 1.58. The number of hydrogen-bond donors (Lipinski definition) is 1. The second-order valence-corrected chi connectivity index (χ2v) is 5.19. The molecule has 0 bridgehead atoms. The summed E-state index contributed by atoms with van der Waals surface area (Å²) in [5, 5.41) is 20.1. The fourth-order valence-electron chi connectivity index (χ4n) is 2.64. The first-order valence-corrected chi connectivity index (χ1v) is 6.88. The van der Waals surface area contributed by atoms with E-state index in [4.69, 9.17) is 5.11 Å². The molecule has 2 rings (SSSR count). The van der Waals surface area contributed by atoms with E-state index in [2.05, 4.69) is 0 Å². The van der Waals surface area contributed by atoms with E-state index in [0.717, 1.165) is 0 Å². The summed E-state index contributed by atoms with van der Waals surface area (Å²) in [4.78, 5) is 36.7. The van der Waals surface area contributed by atoms with Gasteiger partial charge in [0.2, 0.25) is 5.91 Å². The molecular formula is C14H17N3O5. The number of likely N-dealkylation sites (tertiary alicyclic amines) is 1. The Morgan fingerprint density at radius 3 is 2.77 bits per heavy atom. The Kier molecular flexibility index (Phi) is 4.59. The minimum atomic E-state index is -1.01. The molecule has 1 amide bonds. The molecule has 1 saturated heterocycles. The molecule has 0 spiro atoms. The number of amides is 1. The maximum absolute atomic E-state index is 12.3. The Hall–Kier alpha value is -2.64. The van der Waals surface area contributed by atoms with Gasteiger partial charge in [0.15, 0.2) is 0 Å². The third-order valence-corrected chi connectivity index (χ3v) is 3.72. The van der Waals surface area contributed by atoms with E-state index < -0.39 is 16.9 Å². The van der Waals surface area contributed by atoms with E-state index in [0.29, 0.717) is 25.1 Å². The molecule has 8 heteroatoms. The molecule has 1 atom stereocenters. The van der Waals surface area contributed by atoms with Gasteiger partial charge < -0.3 is 14.9 Å². The van der Waals surface area contributed by atoms with Crippen molar-refractivity contribution in [1.29, 1.82) is 0 Å². The van der Waals surface area contributed by atoms with Crippen molar-refractivity contribution < 1.29 is 19.6 Å². The average Bonchev–Trinajstić information content (AvgIpc) is 2.96. The molecule has 1 aromatic rings. The van der Waals surface area contributed by atoms with Crippen molar-refractivity contribution in [3.8, 4) is 0 Å². The SMILES string of the molecule is CN(CC(=O)N1CCC[C@H]1C(=O)O)c1ccccc1[N+](=O)[O-]. The number of hydrogen-bond acceptors (Lipinski definition) is 5. The number of carbonyl (C=O) groups is 2. The van der Waals surface area contributed by atoms with Gasteiger partial charge in [-0.25, -0.2) is 4.79 Å². The second-order valence-electron chi connectivity index (χ2n) is 5.19. The molecule has 118 valence electrons. The van der Waals surface area contributed by atoms with Crippen LogP contribution in [0.1, 0.15) is 12.8 Å². The maximum atomic E-state index is 12.3. The van der Waals surface area contributed by atoms with Crippen LogP contribution in [0.15, 0.2) is 24.3 Å². The monoisotopic (exact) mass is 307 g/mol. The quantitative estimate of drug-likeness (QED) is 0.645. The van der Waals surface area contributed by atoms with E-state index >= 15 is 0 Å². The number of carboxylic acids is 1. The number of carbonyl (C=O) groups excluding carboxylic acids is 1. The lowest BCUT2D eigenvalue weighted by molar-refractivity contribution is -0.384. The first-order valence-electron chi connectivity index (χ1n) is 6.88. The number of nitro benzene ring substituents is 1. The molecule has 0 aliphatic carbocycles. The van der Waals surface area contributed by atoms with Crippen LogP contribution < -0.4 is 4.90 Å². The lowest BCUT2D eigenvalue weighted by Gasteiger charge is -2.25. The van der Waals surface area contributed by atoms with Gasteiger partial charge in [0.25, 0.3) is 5.69 Å². The van der Waals surface area contributed by atoms with Crippen molar-refractivity contribution in [3.63, 3.8) is 0 Å². The average molecular weight is 307 g/mol. The number of likely N-dealkylation sites (N-methyl/N-ethyl adjacent to an activating group) is 1. The van der Waals surface area contributed by atoms with E-state index in [-0.39, 0.29) is 18.1 Å². The largest absolute Gasteiger partial charge is 0.480 e. The van der Waals surface area contributed by atoms with Gasteiger partial charge in [-0.3, -0.25) is 14.9 Å². The molecular weight excluding hydrogens is 290 g/mol. The molecule has 0 unspecified atom stereocenters. The molecule has 22 heavy (non-hydrogen) atoms. The van der Waals surface area contributed by atoms with Gasteiger partial charge >= 0.3 is 5.97 Å². The predicted octanol–water partition coefficient (Wildman–Crippen LogP) is 1.11. The van der Waals surface area contributed by atoms with Crippen LogP contribution >= 0.6 is 0 Å². The van der Waals surface area contributed by atoms with Gasteiger partial charge in [0.05, 0.1) is 11.5 Å². The summed E-state index contributed by atoms with van der Waals surface area (Å²) in [5.74, 6) is -1.36. The van der Waals surface area contributed by atoms with Crippen molar-refractivity contribution in [3.05, 3.63) is 34.4 Å². The Morgan fingerprint density at radius 1 is 1.45 bits per heavy atom. The Bertz CT molecular complexity index is 604. The highest BCUT2D eigenvalue weighted by Gasteiger charge is 2.34. The third-order valence-electron chi connectivity index (χ3n) is 3.72. The number of carboxylic acid groups (broad SMARTS) is 1. The standard InChI is InChI=1S/C14H17N3O5/c1-15(10-5-2-3-6-11(10)17(21)22)9-13(18)16-8-4-7-12(16)14(19)20/h2-3,5-6,12H,4,7-9H2,1H3,(H,19,20)/t12-/m0/s1. The zero-order chi connectivity index (χ0) is 16.3. The van der Waals surface area contributed by atoms with Crippen molar-refractivity contribution in [2.45, 2.75) is 18.9 Å². The summed E-state index contributed by atoms with van der Waals surface area (Å²) >= 11 is 0. The third kappa shape index (κ3) is 3.16. The molecule has 1 aromatic carbocycles. The van der Waals surface area contributed by atoms with Crippen LogP contribution in [0.2, 0.25) is 0 Å². The molecule has 1 aliphatic rings. The number of nitrogens with zero attached hydrogens (tertiary/aromatic N) is 3. The normalized spacial score (nSPS) is 17.3. The zero-order valence-corrected chi connectivity index (χ0v) is 12.1. The van der Waals surface area contributed by atoms with Gasteiger partial charge in [-0.1, -0.05) is 12.1 Å². The molecule has 1 heterocycles. The summed E-state index contributed by atoms with van der Waals surface area (Å²) in [5.41, 5.74) is 0.237. The minimum absolute atomic E-state index is 0.0889. The van der Waals surface area contributed by atoms with Crippen LogP contribution in [0, 0.1) is 10.1 Å². The van der Waals surface area contributed by atoms with Gasteiger partial charge in [-0.05, 0) is 18.9 Å². The fourth-order valence-corrected chi connectivity index (χ4v) is 2.64. The highest BCUT2D eigenvalue weighted by atomic mass is 16.6. The Balaban J connectivity index is 2.12. The fraction of sp³-hybridized carbons (Fsp3) is 0.429. The second kappa shape index (κ2) is 6.42. The first kappa shape index (κ1) is 15.7. The number of benzene rings is 1. The van der Waals surface area contributed by atoms with Crippen LogP contribution in [0.4, 0.5) is 11.4 Å². The summed E-state index contributed by atoms with van der Waals surface area (Å²) in [6.07, 6.45) is 1.09. The minimum Gasteiger partial charge on any atom is -0.480 e. The number of aliphatic carboxylic acids is 1. The lowest BCUT2D eigenvalue weighted by atomic mass is 10.2. The van der Waals surface area contributed by atoms with Gasteiger partial charge in [0, 0.05) is 19.7 Å². The van der Waals surface area contributed by atoms with Crippen LogP contribution in [-0.4, -0.2) is 53.0 Å². The molecule has 0 radical (unpaired) electrons. The van der Waals surface area contributed by atoms with Crippen molar-refractivity contribution in [2.75, 3.05) is 25.0 Å². The van der Waals surface area contributed by atoms with Gasteiger partial charge in [0.1, 0.15) is 11.7 Å². The van der Waals surface area contributed by atoms with Crippen molar-refractivity contribution >= 4 is 23.3 Å². The van der Waals surface area contributed by atoms with Crippen molar-refractivity contribution in [2.24, 2.45) is 0 Å². The van der Waals surface area contributed by atoms with Crippen molar-refractivity contribution in [1.82, 2.24) is 4.90 Å². The van der Waals surface area contributed by atoms with Crippen LogP contribution in [0.3, 0.4) is 0 Å². The van der Waals surface area contributed by atoms with E-state index in [1.54, 1.807) is 25.2 Å². The Labute approximate surface area is 127 Å². The topological polar surface area (TPSA) is 104 Å². The zero-order valence-electron chi connectivity index (χ0n) is 12.1. The summed E-state index contributed by atoms with van der Waals surface area (Å²) in [6, 6.07) is 5.33. The number of para-hydroxylation sites is 2. The molecule has 0 saturated carbocycles. The first-order chi connectivity index (χ1) is 10.4.